The van der Waals surface area contributed by atoms with E-state index < -0.39 is 5.82 Å². The minimum Gasteiger partial charge on any atom is -0.469 e. The molecule has 0 radical (unpaired) electrons. The number of carbonyl (C=O) groups excluding carboxylic acids is 1. The van der Waals surface area contributed by atoms with Crippen LogP contribution in [-0.2, 0) is 16.1 Å². The second kappa shape index (κ2) is 6.35. The van der Waals surface area contributed by atoms with Crippen molar-refractivity contribution in [1.82, 2.24) is 4.90 Å². The van der Waals surface area contributed by atoms with Gasteiger partial charge < -0.3 is 4.74 Å². The highest BCUT2D eigenvalue weighted by molar-refractivity contribution is 6.30. The molecule has 1 aliphatic rings. The minimum absolute atomic E-state index is 0.0732. The third kappa shape index (κ3) is 3.67. The molecule has 0 saturated carbocycles. The molecule has 104 valence electrons. The van der Waals surface area contributed by atoms with E-state index >= 15 is 0 Å². The van der Waals surface area contributed by atoms with E-state index in [4.69, 9.17) is 16.3 Å². The molecular formula is C14H17ClFNO2. The summed E-state index contributed by atoms with van der Waals surface area (Å²) in [6, 6.07) is 4.82. The Balaban J connectivity index is 1.98. The quantitative estimate of drug-likeness (QED) is 0.800. The van der Waals surface area contributed by atoms with Crippen LogP contribution < -0.4 is 0 Å². The van der Waals surface area contributed by atoms with Crippen LogP contribution >= 0.6 is 11.6 Å². The standard InChI is InChI=1S/C14H17ClFNO2/c1-19-14(18)11-3-2-6-17(9-11)8-10-4-5-12(15)13(16)7-10/h4-5,7,11H,2-3,6,8-9H2,1H3. The van der Waals surface area contributed by atoms with Crippen molar-refractivity contribution in [2.75, 3.05) is 20.2 Å². The van der Waals surface area contributed by atoms with Gasteiger partial charge in [0.2, 0.25) is 0 Å². The summed E-state index contributed by atoms with van der Waals surface area (Å²) in [7, 11) is 1.41. The van der Waals surface area contributed by atoms with E-state index in [-0.39, 0.29) is 16.9 Å². The van der Waals surface area contributed by atoms with Gasteiger partial charge in [0.05, 0.1) is 18.1 Å². The molecule has 1 aliphatic heterocycles. The van der Waals surface area contributed by atoms with Crippen LogP contribution in [0.4, 0.5) is 4.39 Å². The maximum absolute atomic E-state index is 13.4. The zero-order valence-electron chi connectivity index (χ0n) is 10.9. The average Bonchev–Trinajstić information content (AvgIpc) is 2.42. The maximum Gasteiger partial charge on any atom is 0.309 e. The maximum atomic E-state index is 13.4. The predicted octanol–water partition coefficient (Wildman–Crippen LogP) is 2.86. The number of esters is 1. The Morgan fingerprint density at radius 3 is 3.05 bits per heavy atom. The normalized spacial score (nSPS) is 20.3. The second-order valence-corrected chi connectivity index (χ2v) is 5.25. The highest BCUT2D eigenvalue weighted by Gasteiger charge is 2.26. The van der Waals surface area contributed by atoms with E-state index in [1.54, 1.807) is 6.07 Å². The Morgan fingerprint density at radius 2 is 2.37 bits per heavy atom. The van der Waals surface area contributed by atoms with Gasteiger partial charge in [-0.2, -0.15) is 0 Å². The van der Waals surface area contributed by atoms with Gasteiger partial charge in [-0.15, -0.1) is 0 Å². The first kappa shape index (κ1) is 14.3. The van der Waals surface area contributed by atoms with Gasteiger partial charge in [-0.05, 0) is 37.1 Å². The van der Waals surface area contributed by atoms with Crippen LogP contribution in [0.5, 0.6) is 0 Å². The molecule has 2 rings (SSSR count). The highest BCUT2D eigenvalue weighted by Crippen LogP contribution is 2.21. The molecule has 3 nitrogen and oxygen atoms in total. The van der Waals surface area contributed by atoms with Crippen molar-refractivity contribution in [1.29, 1.82) is 0 Å². The lowest BCUT2D eigenvalue weighted by atomic mass is 9.98. The Kier molecular flexibility index (Phi) is 4.77. The Morgan fingerprint density at radius 1 is 1.58 bits per heavy atom. The highest BCUT2D eigenvalue weighted by atomic mass is 35.5. The molecule has 1 fully saturated rings. The van der Waals surface area contributed by atoms with Crippen LogP contribution in [0.1, 0.15) is 18.4 Å². The summed E-state index contributed by atoms with van der Waals surface area (Å²) >= 11 is 5.66. The number of hydrogen-bond donors (Lipinski definition) is 0. The first-order valence-electron chi connectivity index (χ1n) is 6.34. The number of nitrogens with zero attached hydrogens (tertiary/aromatic N) is 1. The number of carbonyl (C=O) groups is 1. The third-order valence-electron chi connectivity index (χ3n) is 3.43. The van der Waals surface area contributed by atoms with E-state index in [0.717, 1.165) is 24.9 Å². The van der Waals surface area contributed by atoms with Crippen LogP contribution in [0.25, 0.3) is 0 Å². The summed E-state index contributed by atoms with van der Waals surface area (Å²) < 4.78 is 18.1. The van der Waals surface area contributed by atoms with Crippen molar-refractivity contribution in [2.45, 2.75) is 19.4 Å². The third-order valence-corrected chi connectivity index (χ3v) is 3.74. The van der Waals surface area contributed by atoms with E-state index in [2.05, 4.69) is 4.90 Å². The molecule has 1 atom stereocenters. The summed E-state index contributed by atoms with van der Waals surface area (Å²) in [6.07, 6.45) is 1.81. The lowest BCUT2D eigenvalue weighted by Gasteiger charge is -2.31. The first-order valence-corrected chi connectivity index (χ1v) is 6.72. The molecule has 0 amide bonds. The lowest BCUT2D eigenvalue weighted by molar-refractivity contribution is -0.147. The molecule has 19 heavy (non-hydrogen) atoms. The van der Waals surface area contributed by atoms with Crippen LogP contribution in [0.15, 0.2) is 18.2 Å². The van der Waals surface area contributed by atoms with E-state index in [1.165, 1.54) is 13.2 Å². The van der Waals surface area contributed by atoms with Crippen LogP contribution in [0.2, 0.25) is 5.02 Å². The van der Waals surface area contributed by atoms with Crippen molar-refractivity contribution in [3.63, 3.8) is 0 Å². The Bertz CT molecular complexity index is 467. The molecule has 0 aliphatic carbocycles. The summed E-state index contributed by atoms with van der Waals surface area (Å²) in [5, 5.41) is 0.134. The van der Waals surface area contributed by atoms with Gasteiger partial charge in [-0.3, -0.25) is 9.69 Å². The number of rotatable bonds is 3. The summed E-state index contributed by atoms with van der Waals surface area (Å²) in [4.78, 5) is 13.7. The zero-order valence-corrected chi connectivity index (χ0v) is 11.6. The van der Waals surface area contributed by atoms with Crippen molar-refractivity contribution in [3.05, 3.63) is 34.6 Å². The number of benzene rings is 1. The monoisotopic (exact) mass is 285 g/mol. The van der Waals surface area contributed by atoms with Gasteiger partial charge in [-0.1, -0.05) is 17.7 Å². The van der Waals surface area contributed by atoms with Gasteiger partial charge in [-0.25, -0.2) is 4.39 Å². The Hall–Kier alpha value is -1.13. The number of piperidine rings is 1. The van der Waals surface area contributed by atoms with Gasteiger partial charge in [0, 0.05) is 13.1 Å². The van der Waals surface area contributed by atoms with E-state index in [9.17, 15) is 9.18 Å². The molecule has 0 spiro atoms. The Labute approximate surface area is 117 Å². The van der Waals surface area contributed by atoms with Crippen LogP contribution in [0.3, 0.4) is 0 Å². The SMILES string of the molecule is COC(=O)C1CCCN(Cc2ccc(Cl)c(F)c2)C1. The van der Waals surface area contributed by atoms with Gasteiger partial charge in [0.25, 0.3) is 0 Å². The second-order valence-electron chi connectivity index (χ2n) is 4.85. The molecular weight excluding hydrogens is 269 g/mol. The first-order chi connectivity index (χ1) is 9.10. The molecule has 1 aromatic rings. The van der Waals surface area contributed by atoms with Crippen molar-refractivity contribution < 1.29 is 13.9 Å². The molecule has 0 bridgehead atoms. The summed E-state index contributed by atoms with van der Waals surface area (Å²) in [6.45, 7) is 2.20. The van der Waals surface area contributed by atoms with E-state index in [0.29, 0.717) is 13.1 Å². The number of likely N-dealkylation sites (tertiary alicyclic amines) is 1. The lowest BCUT2D eigenvalue weighted by Crippen LogP contribution is -2.38. The van der Waals surface area contributed by atoms with E-state index in [1.807, 2.05) is 6.07 Å². The van der Waals surface area contributed by atoms with Crippen LogP contribution in [0, 0.1) is 11.7 Å². The molecule has 1 aromatic carbocycles. The smallest absolute Gasteiger partial charge is 0.309 e. The molecule has 0 N–H and O–H groups in total. The van der Waals surface area contributed by atoms with Gasteiger partial charge in [0.1, 0.15) is 5.82 Å². The summed E-state index contributed by atoms with van der Waals surface area (Å²) in [5.41, 5.74) is 0.868. The molecule has 1 unspecified atom stereocenters. The largest absolute Gasteiger partial charge is 0.469 e. The van der Waals surface area contributed by atoms with Crippen molar-refractivity contribution >= 4 is 17.6 Å². The molecule has 0 aromatic heterocycles. The predicted molar refractivity (Wildman–Crippen MR) is 71.4 cm³/mol. The fraction of sp³-hybridized carbons (Fsp3) is 0.500. The minimum atomic E-state index is -0.402. The van der Waals surface area contributed by atoms with Crippen molar-refractivity contribution in [3.8, 4) is 0 Å². The van der Waals surface area contributed by atoms with Crippen molar-refractivity contribution in [2.24, 2.45) is 5.92 Å². The number of methoxy groups -OCH3 is 1. The van der Waals surface area contributed by atoms with Gasteiger partial charge >= 0.3 is 5.97 Å². The number of ether oxygens (including phenoxy) is 1. The zero-order chi connectivity index (χ0) is 13.8. The molecule has 1 saturated heterocycles. The molecule has 5 heteroatoms. The van der Waals surface area contributed by atoms with Crippen LogP contribution in [-0.4, -0.2) is 31.1 Å². The average molecular weight is 286 g/mol. The fourth-order valence-electron chi connectivity index (χ4n) is 2.45. The number of halogens is 2. The van der Waals surface area contributed by atoms with Gasteiger partial charge in [0.15, 0.2) is 0 Å². The fourth-order valence-corrected chi connectivity index (χ4v) is 2.57. The number of hydrogen-bond acceptors (Lipinski definition) is 3. The topological polar surface area (TPSA) is 29.5 Å². The molecule has 1 heterocycles. The summed E-state index contributed by atoms with van der Waals surface area (Å²) in [5.74, 6) is -0.636.